The number of carbonyl (C=O) groups excluding carboxylic acids is 1. The maximum Gasteiger partial charge on any atom is 0.289 e. The summed E-state index contributed by atoms with van der Waals surface area (Å²) in [5.74, 6) is -0.714. The predicted molar refractivity (Wildman–Crippen MR) is 89.5 cm³/mol. The number of nitrogens with one attached hydrogen (secondary N) is 1. The Morgan fingerprint density at radius 1 is 1.12 bits per heavy atom. The van der Waals surface area contributed by atoms with Crippen molar-refractivity contribution < 1.29 is 22.0 Å². The van der Waals surface area contributed by atoms with E-state index in [-0.39, 0.29) is 22.6 Å². The summed E-state index contributed by atoms with van der Waals surface area (Å²) >= 11 is 0. The second-order valence-corrected chi connectivity index (χ2v) is 7.37. The Morgan fingerprint density at radius 2 is 1.80 bits per heavy atom. The molecule has 134 valence electrons. The molecule has 3 rings (SSSR count). The molecule has 1 N–H and O–H groups in total. The van der Waals surface area contributed by atoms with E-state index < -0.39 is 10.0 Å². The average Bonchev–Trinajstić information content (AvgIpc) is 3.13. The van der Waals surface area contributed by atoms with E-state index in [0.29, 0.717) is 31.9 Å². The van der Waals surface area contributed by atoms with Gasteiger partial charge in [-0.2, -0.15) is 0 Å². The Morgan fingerprint density at radius 3 is 2.44 bits per heavy atom. The van der Waals surface area contributed by atoms with Crippen LogP contribution in [0, 0.1) is 5.82 Å². The highest BCUT2D eigenvalue weighted by atomic mass is 32.2. The summed E-state index contributed by atoms with van der Waals surface area (Å²) in [6, 6.07) is 9.09. The van der Waals surface area contributed by atoms with E-state index in [1.54, 1.807) is 23.1 Å². The van der Waals surface area contributed by atoms with Crippen molar-refractivity contribution in [3.05, 3.63) is 48.0 Å². The molecule has 1 aromatic carbocycles. The first-order valence-corrected chi connectivity index (χ1v) is 9.23. The van der Waals surface area contributed by atoms with Crippen LogP contribution in [-0.4, -0.2) is 52.5 Å². The minimum Gasteiger partial charge on any atom is -0.438 e. The summed E-state index contributed by atoms with van der Waals surface area (Å²) in [6.07, 6.45) is 0. The second-order valence-electron chi connectivity index (χ2n) is 5.56. The van der Waals surface area contributed by atoms with Crippen molar-refractivity contribution in [3.8, 4) is 0 Å². The molecular weight excluding hydrogens is 349 g/mol. The van der Waals surface area contributed by atoms with Gasteiger partial charge in [0.15, 0.2) is 5.76 Å². The van der Waals surface area contributed by atoms with E-state index in [4.69, 9.17) is 4.42 Å². The average molecular weight is 367 g/mol. The lowest BCUT2D eigenvalue weighted by Crippen LogP contribution is -2.49. The highest BCUT2D eigenvalue weighted by Crippen LogP contribution is 2.21. The molecule has 0 aliphatic carbocycles. The lowest BCUT2D eigenvalue weighted by molar-refractivity contribution is 0.0708. The molecule has 0 spiro atoms. The lowest BCUT2D eigenvalue weighted by Gasteiger charge is -2.35. The zero-order valence-corrected chi connectivity index (χ0v) is 14.4. The molecule has 1 aromatic heterocycles. The topological polar surface area (TPSA) is 82.9 Å². The molecule has 1 amide bonds. The summed E-state index contributed by atoms with van der Waals surface area (Å²) in [5.41, 5.74) is 0.509. The SMILES string of the molecule is CNS(=O)(=O)c1ccc(C(=O)N2CCN(c3ccccc3F)CC2)o1. The number of anilines is 1. The van der Waals surface area contributed by atoms with Gasteiger partial charge in [-0.15, -0.1) is 0 Å². The minimum absolute atomic E-state index is 0.0341. The summed E-state index contributed by atoms with van der Waals surface area (Å²) in [7, 11) is -2.46. The molecule has 2 heterocycles. The van der Waals surface area contributed by atoms with Gasteiger partial charge in [0.05, 0.1) is 5.69 Å². The summed E-state index contributed by atoms with van der Waals surface area (Å²) in [5, 5.41) is -0.302. The number of nitrogens with zero attached hydrogens (tertiary/aromatic N) is 2. The van der Waals surface area contributed by atoms with E-state index >= 15 is 0 Å². The summed E-state index contributed by atoms with van der Waals surface area (Å²) in [6.45, 7) is 1.74. The zero-order chi connectivity index (χ0) is 18.0. The molecule has 0 atom stereocenters. The molecule has 1 aliphatic heterocycles. The number of benzene rings is 1. The highest BCUT2D eigenvalue weighted by molar-refractivity contribution is 7.89. The number of carbonyl (C=O) groups is 1. The molecule has 25 heavy (non-hydrogen) atoms. The first-order chi connectivity index (χ1) is 11.9. The number of piperazine rings is 1. The van der Waals surface area contributed by atoms with E-state index in [2.05, 4.69) is 4.72 Å². The standard InChI is InChI=1S/C16H18FN3O4S/c1-18-25(22,23)15-7-6-14(24-15)16(21)20-10-8-19(9-11-20)13-5-3-2-4-12(13)17/h2-7,18H,8-11H2,1H3. The number of furan rings is 1. The molecule has 1 saturated heterocycles. The Hall–Kier alpha value is -2.39. The fraction of sp³-hybridized carbons (Fsp3) is 0.312. The number of para-hydroxylation sites is 1. The molecule has 9 heteroatoms. The molecule has 0 saturated carbocycles. The molecule has 2 aromatic rings. The van der Waals surface area contributed by atoms with Crippen LogP contribution in [0.15, 0.2) is 45.9 Å². The highest BCUT2D eigenvalue weighted by Gasteiger charge is 2.27. The maximum absolute atomic E-state index is 13.8. The number of hydrogen-bond donors (Lipinski definition) is 1. The number of sulfonamides is 1. The fourth-order valence-corrected chi connectivity index (χ4v) is 3.34. The van der Waals surface area contributed by atoms with Crippen LogP contribution >= 0.6 is 0 Å². The van der Waals surface area contributed by atoms with Gasteiger partial charge in [-0.1, -0.05) is 12.1 Å². The van der Waals surface area contributed by atoms with Gasteiger partial charge >= 0.3 is 0 Å². The first kappa shape index (κ1) is 17.4. The van der Waals surface area contributed by atoms with Crippen LogP contribution in [0.5, 0.6) is 0 Å². The summed E-state index contributed by atoms with van der Waals surface area (Å²) < 4.78 is 44.5. The smallest absolute Gasteiger partial charge is 0.289 e. The Kier molecular flexibility index (Phi) is 4.78. The van der Waals surface area contributed by atoms with Crippen LogP contribution < -0.4 is 9.62 Å². The third kappa shape index (κ3) is 3.52. The van der Waals surface area contributed by atoms with E-state index in [9.17, 15) is 17.6 Å². The Balaban J connectivity index is 1.67. The first-order valence-electron chi connectivity index (χ1n) is 7.74. The van der Waals surface area contributed by atoms with Crippen molar-refractivity contribution in [2.75, 3.05) is 38.1 Å². The molecular formula is C16H18FN3O4S. The van der Waals surface area contributed by atoms with Crippen LogP contribution in [-0.2, 0) is 10.0 Å². The normalized spacial score (nSPS) is 15.4. The molecule has 1 fully saturated rings. The molecule has 1 aliphatic rings. The van der Waals surface area contributed by atoms with Gasteiger partial charge in [0.1, 0.15) is 5.82 Å². The monoisotopic (exact) mass is 367 g/mol. The van der Waals surface area contributed by atoms with E-state index in [1.165, 1.54) is 25.2 Å². The molecule has 7 nitrogen and oxygen atoms in total. The van der Waals surface area contributed by atoms with E-state index in [0.717, 1.165) is 0 Å². The molecule has 0 bridgehead atoms. The van der Waals surface area contributed by atoms with Crippen LogP contribution in [0.3, 0.4) is 0 Å². The number of rotatable bonds is 4. The van der Waals surface area contributed by atoms with Crippen molar-refractivity contribution in [2.45, 2.75) is 5.09 Å². The Bertz CT molecular complexity index is 873. The predicted octanol–water partition coefficient (Wildman–Crippen LogP) is 1.29. The van der Waals surface area contributed by atoms with Crippen LogP contribution in [0.2, 0.25) is 0 Å². The number of amides is 1. The van der Waals surface area contributed by atoms with Gasteiger partial charge in [0.2, 0.25) is 5.09 Å². The van der Waals surface area contributed by atoms with Crippen LogP contribution in [0.4, 0.5) is 10.1 Å². The van der Waals surface area contributed by atoms with Crippen molar-refractivity contribution in [1.29, 1.82) is 0 Å². The van der Waals surface area contributed by atoms with Gasteiger partial charge in [0.25, 0.3) is 15.9 Å². The van der Waals surface area contributed by atoms with Crippen LogP contribution in [0.1, 0.15) is 10.6 Å². The van der Waals surface area contributed by atoms with Gasteiger partial charge in [-0.25, -0.2) is 17.5 Å². The summed E-state index contributed by atoms with van der Waals surface area (Å²) in [4.78, 5) is 15.9. The third-order valence-corrected chi connectivity index (χ3v) is 5.37. The van der Waals surface area contributed by atoms with Gasteiger partial charge in [-0.3, -0.25) is 4.79 Å². The van der Waals surface area contributed by atoms with Crippen molar-refractivity contribution in [3.63, 3.8) is 0 Å². The quantitative estimate of drug-likeness (QED) is 0.881. The minimum atomic E-state index is -3.73. The third-order valence-electron chi connectivity index (χ3n) is 4.09. The number of hydrogen-bond acceptors (Lipinski definition) is 5. The molecule has 0 radical (unpaired) electrons. The number of halogens is 1. The van der Waals surface area contributed by atoms with Gasteiger partial charge < -0.3 is 14.2 Å². The lowest BCUT2D eigenvalue weighted by atomic mass is 10.2. The van der Waals surface area contributed by atoms with Crippen LogP contribution in [0.25, 0.3) is 0 Å². The zero-order valence-electron chi connectivity index (χ0n) is 13.6. The van der Waals surface area contributed by atoms with E-state index in [1.807, 2.05) is 4.90 Å². The molecule has 0 unspecified atom stereocenters. The van der Waals surface area contributed by atoms with Crippen molar-refractivity contribution in [1.82, 2.24) is 9.62 Å². The maximum atomic E-state index is 13.8. The Labute approximate surface area is 145 Å². The second kappa shape index (κ2) is 6.85. The van der Waals surface area contributed by atoms with Gasteiger partial charge in [0, 0.05) is 26.2 Å². The van der Waals surface area contributed by atoms with Crippen molar-refractivity contribution in [2.24, 2.45) is 0 Å². The van der Waals surface area contributed by atoms with Gasteiger partial charge in [-0.05, 0) is 31.3 Å². The largest absolute Gasteiger partial charge is 0.438 e. The van der Waals surface area contributed by atoms with Crippen molar-refractivity contribution >= 4 is 21.6 Å². The fourth-order valence-electron chi connectivity index (χ4n) is 2.69.